The Morgan fingerprint density at radius 3 is 2.81 bits per heavy atom. The number of nitrogens with one attached hydrogen (secondary N) is 1. The highest BCUT2D eigenvalue weighted by Crippen LogP contribution is 2.37. The molecule has 0 saturated carbocycles. The molecule has 0 aromatic heterocycles. The normalized spacial score (nSPS) is 23.5. The van der Waals surface area contributed by atoms with Crippen LogP contribution in [0.1, 0.15) is 44.6 Å². The van der Waals surface area contributed by atoms with E-state index in [0.29, 0.717) is 31.2 Å². The number of terminal acetylenes is 1. The Morgan fingerprint density at radius 1 is 1.35 bits per heavy atom. The molecule has 1 saturated heterocycles. The fourth-order valence-electron chi connectivity index (χ4n) is 3.73. The quantitative estimate of drug-likeness (QED) is 0.693. The molecular weight excluding hydrogens is 324 g/mol. The zero-order valence-electron chi connectivity index (χ0n) is 15.5. The summed E-state index contributed by atoms with van der Waals surface area (Å²) in [6.45, 7) is 5.04. The first-order chi connectivity index (χ1) is 12.6. The number of nitrogens with zero attached hydrogens (tertiary/aromatic N) is 3. The Balaban J connectivity index is 1.36. The van der Waals surface area contributed by atoms with Gasteiger partial charge in [0.25, 0.3) is 0 Å². The second-order valence-electron chi connectivity index (χ2n) is 7.56. The van der Waals surface area contributed by atoms with Gasteiger partial charge >= 0.3 is 0 Å². The summed E-state index contributed by atoms with van der Waals surface area (Å²) in [7, 11) is 0. The Hall–Kier alpha value is -2.19. The summed E-state index contributed by atoms with van der Waals surface area (Å²) < 4.78 is 0. The van der Waals surface area contributed by atoms with Gasteiger partial charge in [-0.3, -0.25) is 9.69 Å². The average molecular weight is 352 g/mol. The van der Waals surface area contributed by atoms with Gasteiger partial charge in [-0.1, -0.05) is 30.3 Å². The van der Waals surface area contributed by atoms with Gasteiger partial charge in [-0.2, -0.15) is 10.2 Å². The molecule has 0 spiro atoms. The topological polar surface area (TPSA) is 57.1 Å². The van der Waals surface area contributed by atoms with E-state index in [1.165, 1.54) is 5.56 Å². The molecule has 3 rings (SSSR count). The number of likely N-dealkylation sites (tertiary alicyclic amines) is 1. The smallest absolute Gasteiger partial charge is 0.220 e. The van der Waals surface area contributed by atoms with E-state index in [0.717, 1.165) is 32.5 Å². The van der Waals surface area contributed by atoms with Crippen molar-refractivity contribution in [3.05, 3.63) is 35.9 Å². The van der Waals surface area contributed by atoms with Crippen molar-refractivity contribution in [2.24, 2.45) is 16.1 Å². The van der Waals surface area contributed by atoms with Crippen molar-refractivity contribution in [1.29, 1.82) is 0 Å². The molecule has 0 radical (unpaired) electrons. The number of hydrogen-bond acceptors (Lipinski definition) is 4. The molecule has 1 fully saturated rings. The van der Waals surface area contributed by atoms with Crippen LogP contribution in [0.4, 0.5) is 0 Å². The number of hydrogen-bond donors (Lipinski definition) is 1. The van der Waals surface area contributed by atoms with E-state index in [4.69, 9.17) is 6.42 Å². The summed E-state index contributed by atoms with van der Waals surface area (Å²) >= 11 is 0. The highest BCUT2D eigenvalue weighted by Gasteiger charge is 2.39. The van der Waals surface area contributed by atoms with Crippen LogP contribution in [0.3, 0.4) is 0 Å². The molecule has 2 aliphatic heterocycles. The molecular formula is C21H28N4O. The summed E-state index contributed by atoms with van der Waals surface area (Å²) in [6.07, 6.45) is 8.97. The second kappa shape index (κ2) is 8.46. The molecule has 2 aliphatic rings. The third-order valence-corrected chi connectivity index (χ3v) is 5.41. The van der Waals surface area contributed by atoms with Crippen LogP contribution < -0.4 is 5.32 Å². The Kier molecular flexibility index (Phi) is 6.05. The summed E-state index contributed by atoms with van der Waals surface area (Å²) in [5.41, 5.74) is 0.983. The summed E-state index contributed by atoms with van der Waals surface area (Å²) in [6, 6.07) is 11.1. The van der Waals surface area contributed by atoms with Crippen LogP contribution >= 0.6 is 0 Å². The lowest BCUT2D eigenvalue weighted by Crippen LogP contribution is -2.32. The lowest BCUT2D eigenvalue weighted by molar-refractivity contribution is -0.121. The van der Waals surface area contributed by atoms with Crippen molar-refractivity contribution in [3.8, 4) is 12.3 Å². The lowest BCUT2D eigenvalue weighted by atomic mass is 10.0. The molecule has 0 bridgehead atoms. The molecule has 1 amide bonds. The largest absolute Gasteiger partial charge is 0.356 e. The maximum atomic E-state index is 12.2. The predicted molar refractivity (Wildman–Crippen MR) is 102 cm³/mol. The van der Waals surface area contributed by atoms with Gasteiger partial charge in [0.15, 0.2) is 5.66 Å². The van der Waals surface area contributed by atoms with E-state index in [1.807, 2.05) is 6.07 Å². The van der Waals surface area contributed by atoms with E-state index in [2.05, 4.69) is 57.6 Å². The Morgan fingerprint density at radius 2 is 2.12 bits per heavy atom. The molecule has 2 heterocycles. The van der Waals surface area contributed by atoms with Gasteiger partial charge in [0, 0.05) is 51.4 Å². The van der Waals surface area contributed by atoms with E-state index < -0.39 is 0 Å². The molecule has 0 aliphatic carbocycles. The summed E-state index contributed by atoms with van der Waals surface area (Å²) in [5.74, 6) is 3.23. The fraction of sp³-hybridized carbons (Fsp3) is 0.571. The minimum Gasteiger partial charge on any atom is -0.356 e. The maximum absolute atomic E-state index is 12.2. The summed E-state index contributed by atoms with van der Waals surface area (Å²) in [4.78, 5) is 14.7. The molecule has 5 nitrogen and oxygen atoms in total. The molecule has 26 heavy (non-hydrogen) atoms. The zero-order chi connectivity index (χ0) is 18.4. The van der Waals surface area contributed by atoms with Crippen molar-refractivity contribution in [2.45, 2.75) is 57.3 Å². The standard InChI is InChI=1S/C21H28N4O/c1-3-4-11-21(23-24-21)12-10-20(26)22-14-19-13-17(2)25(16-19)15-18-8-6-5-7-9-18/h1,5-9,17,19H,4,10-16H2,2H3,(H,22,26). The highest BCUT2D eigenvalue weighted by molar-refractivity contribution is 5.76. The van der Waals surface area contributed by atoms with Crippen LogP contribution in [0.25, 0.3) is 0 Å². The van der Waals surface area contributed by atoms with Crippen LogP contribution in [0.15, 0.2) is 40.6 Å². The van der Waals surface area contributed by atoms with Gasteiger partial charge in [0.1, 0.15) is 0 Å². The summed E-state index contributed by atoms with van der Waals surface area (Å²) in [5, 5.41) is 11.3. The van der Waals surface area contributed by atoms with E-state index >= 15 is 0 Å². The van der Waals surface area contributed by atoms with Gasteiger partial charge in [0.05, 0.1) is 0 Å². The molecule has 1 aromatic carbocycles. The van der Waals surface area contributed by atoms with Crippen molar-refractivity contribution in [1.82, 2.24) is 10.2 Å². The highest BCUT2D eigenvalue weighted by atomic mass is 16.1. The third-order valence-electron chi connectivity index (χ3n) is 5.41. The minimum absolute atomic E-state index is 0.0940. The molecule has 138 valence electrons. The van der Waals surface area contributed by atoms with Crippen LogP contribution in [0, 0.1) is 18.3 Å². The third kappa shape index (κ3) is 5.15. The molecule has 5 heteroatoms. The molecule has 2 unspecified atom stereocenters. The number of benzene rings is 1. The first kappa shape index (κ1) is 18.6. The Labute approximate surface area is 156 Å². The molecule has 1 aromatic rings. The van der Waals surface area contributed by atoms with Crippen molar-refractivity contribution < 1.29 is 4.79 Å². The second-order valence-corrected chi connectivity index (χ2v) is 7.56. The maximum Gasteiger partial charge on any atom is 0.220 e. The molecule has 2 atom stereocenters. The van der Waals surface area contributed by atoms with Gasteiger partial charge in [-0.15, -0.1) is 12.3 Å². The lowest BCUT2D eigenvalue weighted by Gasteiger charge is -2.21. The SMILES string of the molecule is C#CCCC1(CCC(=O)NCC2CC(C)N(Cc3ccccc3)C2)N=N1. The zero-order valence-corrected chi connectivity index (χ0v) is 15.5. The monoisotopic (exact) mass is 352 g/mol. The first-order valence-electron chi connectivity index (χ1n) is 9.52. The number of rotatable bonds is 9. The number of carbonyl (C=O) groups is 1. The van der Waals surface area contributed by atoms with E-state index in [-0.39, 0.29) is 11.6 Å². The van der Waals surface area contributed by atoms with Crippen molar-refractivity contribution in [3.63, 3.8) is 0 Å². The van der Waals surface area contributed by atoms with Gasteiger partial charge in [-0.25, -0.2) is 0 Å². The molecule has 1 N–H and O–H groups in total. The first-order valence-corrected chi connectivity index (χ1v) is 9.52. The van der Waals surface area contributed by atoms with Crippen LogP contribution in [0.5, 0.6) is 0 Å². The average Bonchev–Trinajstić information content (AvgIpc) is 3.35. The van der Waals surface area contributed by atoms with Crippen LogP contribution in [0.2, 0.25) is 0 Å². The van der Waals surface area contributed by atoms with Crippen molar-refractivity contribution in [2.75, 3.05) is 13.1 Å². The predicted octanol–water partition coefficient (Wildman–Crippen LogP) is 3.37. The van der Waals surface area contributed by atoms with Crippen LogP contribution in [-0.4, -0.2) is 35.6 Å². The minimum atomic E-state index is -0.363. The van der Waals surface area contributed by atoms with E-state index in [9.17, 15) is 4.79 Å². The number of carbonyl (C=O) groups excluding carboxylic acids is 1. The number of amides is 1. The van der Waals surface area contributed by atoms with E-state index in [1.54, 1.807) is 0 Å². The van der Waals surface area contributed by atoms with Crippen molar-refractivity contribution >= 4 is 5.91 Å². The van der Waals surface area contributed by atoms with Gasteiger partial charge in [0.2, 0.25) is 5.91 Å². The fourth-order valence-corrected chi connectivity index (χ4v) is 3.73. The van der Waals surface area contributed by atoms with Gasteiger partial charge < -0.3 is 5.32 Å². The Bertz CT molecular complexity index is 673. The van der Waals surface area contributed by atoms with Gasteiger partial charge in [-0.05, 0) is 24.8 Å². The van der Waals surface area contributed by atoms with Crippen LogP contribution in [-0.2, 0) is 11.3 Å².